The molecule has 0 fully saturated rings. The number of carboxylic acids is 1. The summed E-state index contributed by atoms with van der Waals surface area (Å²) in [4.78, 5) is 23.7. The van der Waals surface area contributed by atoms with E-state index in [1.54, 1.807) is 14.1 Å². The van der Waals surface area contributed by atoms with Crippen LogP contribution in [0.4, 0.5) is 0 Å². The van der Waals surface area contributed by atoms with Gasteiger partial charge in [-0.15, -0.1) is 12.4 Å². The second-order valence-corrected chi connectivity index (χ2v) is 8.55. The Kier molecular flexibility index (Phi) is 12.3. The molecule has 0 heterocycles. The highest BCUT2D eigenvalue weighted by Crippen LogP contribution is 2.32. The van der Waals surface area contributed by atoms with Crippen LogP contribution in [0.15, 0.2) is 0 Å². The molecule has 0 aliphatic carbocycles. The Balaban J connectivity index is 0. The third-order valence-corrected chi connectivity index (χ3v) is 5.13. The Hall–Kier alpha value is -0.940. The number of nitrogens with one attached hydrogen (secondary N) is 1. The van der Waals surface area contributed by atoms with Crippen LogP contribution in [0.1, 0.15) is 33.6 Å². The number of rotatable bonds is 12. The summed E-state index contributed by atoms with van der Waals surface area (Å²) in [5, 5.41) is 21.5. The average molecular weight is 419 g/mol. The molecule has 0 aromatic heterocycles. The molecule has 2 atom stereocenters. The van der Waals surface area contributed by atoms with Crippen molar-refractivity contribution in [2.75, 3.05) is 32.9 Å². The van der Waals surface area contributed by atoms with Gasteiger partial charge in [-0.3, -0.25) is 8.98 Å². The molecule has 3 N–H and O–H groups in total. The highest BCUT2D eigenvalue weighted by atomic mass is 35.5. The van der Waals surface area contributed by atoms with Crippen LogP contribution in [0.2, 0.25) is 0 Å². The minimum atomic E-state index is -3.94. The van der Waals surface area contributed by atoms with E-state index >= 15 is 0 Å². The lowest BCUT2D eigenvalue weighted by Crippen LogP contribution is -2.48. The molecule has 1 amide bonds. The summed E-state index contributed by atoms with van der Waals surface area (Å²) >= 11 is 0. The number of aliphatic carboxylic acids is 1. The predicted octanol–water partition coefficient (Wildman–Crippen LogP) is 0.0728. The number of hydrogen-bond donors (Lipinski definition) is 3. The average Bonchev–Trinajstić information content (AvgIpc) is 2.46. The molecule has 0 bridgehead atoms. The van der Waals surface area contributed by atoms with E-state index < -0.39 is 33.7 Å². The molecular formula is C15H31ClN2O7S. The maximum absolute atomic E-state index is 12.2. The first-order valence-corrected chi connectivity index (χ1v) is 9.58. The first-order valence-electron chi connectivity index (χ1n) is 8.00. The van der Waals surface area contributed by atoms with Crippen LogP contribution in [0, 0.1) is 5.41 Å². The van der Waals surface area contributed by atoms with Gasteiger partial charge in [-0.05, 0) is 26.9 Å². The second kappa shape index (κ2) is 11.7. The number of hydrogen-bond acceptors (Lipinski definition) is 7. The summed E-state index contributed by atoms with van der Waals surface area (Å²) in [6, 6.07) is 0. The number of aliphatic hydroxyl groups excluding tert-OH is 1. The first kappa shape index (κ1) is 27.3. The Morgan fingerprint density at radius 2 is 1.81 bits per heavy atom. The minimum Gasteiger partial charge on any atom is -0.479 e. The minimum absolute atomic E-state index is 0. The highest BCUT2D eigenvalue weighted by molar-refractivity contribution is 7.86. The van der Waals surface area contributed by atoms with Gasteiger partial charge in [0.25, 0.3) is 10.1 Å². The SMILES string of the molecule is CC(=O)NCCCS(=O)(=O)OC(CCN(C)C)C(C)(C)[C@@H](O)C(=O)O.Cl. The zero-order chi connectivity index (χ0) is 19.8. The molecule has 0 saturated carbocycles. The van der Waals surface area contributed by atoms with E-state index in [-0.39, 0.29) is 43.5 Å². The van der Waals surface area contributed by atoms with E-state index in [0.29, 0.717) is 6.54 Å². The van der Waals surface area contributed by atoms with Gasteiger partial charge in [-0.1, -0.05) is 13.8 Å². The molecule has 0 rings (SSSR count). The zero-order valence-corrected chi connectivity index (χ0v) is 17.5. The van der Waals surface area contributed by atoms with E-state index in [2.05, 4.69) is 5.32 Å². The molecular weight excluding hydrogens is 388 g/mol. The molecule has 1 unspecified atom stereocenters. The number of halogens is 1. The van der Waals surface area contributed by atoms with Crippen LogP contribution in [0.25, 0.3) is 0 Å². The lowest BCUT2D eigenvalue weighted by atomic mass is 9.79. The van der Waals surface area contributed by atoms with Crippen molar-refractivity contribution in [3.05, 3.63) is 0 Å². The summed E-state index contributed by atoms with van der Waals surface area (Å²) in [6.07, 6.45) is -2.37. The van der Waals surface area contributed by atoms with Crippen LogP contribution in [-0.2, 0) is 23.9 Å². The third-order valence-electron chi connectivity index (χ3n) is 3.81. The van der Waals surface area contributed by atoms with Gasteiger partial charge in [0.15, 0.2) is 6.10 Å². The monoisotopic (exact) mass is 418 g/mol. The van der Waals surface area contributed by atoms with Gasteiger partial charge in [0, 0.05) is 25.4 Å². The fraction of sp³-hybridized carbons (Fsp3) is 0.867. The summed E-state index contributed by atoms with van der Waals surface area (Å²) in [6.45, 7) is 4.90. The molecule has 9 nitrogen and oxygen atoms in total. The van der Waals surface area contributed by atoms with Gasteiger partial charge in [0.1, 0.15) is 0 Å². The summed E-state index contributed by atoms with van der Waals surface area (Å²) in [5.74, 6) is -2.01. The van der Waals surface area contributed by atoms with Gasteiger partial charge >= 0.3 is 5.97 Å². The van der Waals surface area contributed by atoms with E-state index in [1.165, 1.54) is 20.8 Å². The van der Waals surface area contributed by atoms with Gasteiger partial charge in [0.2, 0.25) is 5.91 Å². The van der Waals surface area contributed by atoms with Crippen LogP contribution in [0.3, 0.4) is 0 Å². The predicted molar refractivity (Wildman–Crippen MR) is 99.8 cm³/mol. The summed E-state index contributed by atoms with van der Waals surface area (Å²) < 4.78 is 29.6. The number of carboxylic acid groups (broad SMARTS) is 1. The quantitative estimate of drug-likeness (QED) is 0.299. The van der Waals surface area contributed by atoms with Crippen molar-refractivity contribution >= 4 is 34.4 Å². The van der Waals surface area contributed by atoms with Crippen molar-refractivity contribution in [3.63, 3.8) is 0 Å². The number of carbonyl (C=O) groups excluding carboxylic acids is 1. The zero-order valence-electron chi connectivity index (χ0n) is 15.9. The van der Waals surface area contributed by atoms with Gasteiger partial charge < -0.3 is 20.4 Å². The molecule has 0 aliphatic rings. The molecule has 11 heteroatoms. The molecule has 0 saturated heterocycles. The lowest BCUT2D eigenvalue weighted by molar-refractivity contribution is -0.158. The standard InChI is InChI=1S/C15H30N2O7S.ClH/c1-11(18)16-8-6-10-25(22,23)24-12(7-9-17(4)5)15(2,3)13(19)14(20)21;/h12-13,19H,6-10H2,1-5H3,(H,16,18)(H,20,21);1H/t12?,13-;/m0./s1. The van der Waals surface area contributed by atoms with E-state index in [9.17, 15) is 23.1 Å². The Morgan fingerprint density at radius 3 is 2.23 bits per heavy atom. The molecule has 0 aromatic carbocycles. The van der Waals surface area contributed by atoms with Crippen molar-refractivity contribution in [3.8, 4) is 0 Å². The number of nitrogens with zero attached hydrogens (tertiary/aromatic N) is 1. The maximum atomic E-state index is 12.2. The molecule has 0 aromatic rings. The molecule has 26 heavy (non-hydrogen) atoms. The van der Waals surface area contributed by atoms with E-state index in [4.69, 9.17) is 9.29 Å². The van der Waals surface area contributed by atoms with Crippen molar-refractivity contribution in [2.45, 2.75) is 45.8 Å². The Bertz CT molecular complexity index is 552. The fourth-order valence-electron chi connectivity index (χ4n) is 2.15. The smallest absolute Gasteiger partial charge is 0.333 e. The normalized spacial score (nSPS) is 14.4. The van der Waals surface area contributed by atoms with Crippen LogP contribution < -0.4 is 5.32 Å². The molecule has 0 radical (unpaired) electrons. The van der Waals surface area contributed by atoms with Gasteiger partial charge in [0.05, 0.1) is 11.9 Å². The third kappa shape index (κ3) is 10.3. The maximum Gasteiger partial charge on any atom is 0.333 e. The molecule has 156 valence electrons. The Labute approximate surface area is 161 Å². The first-order chi connectivity index (χ1) is 11.3. The molecule has 0 spiro atoms. The van der Waals surface area contributed by atoms with Crippen molar-refractivity contribution in [1.29, 1.82) is 0 Å². The highest BCUT2D eigenvalue weighted by Gasteiger charge is 2.43. The van der Waals surface area contributed by atoms with Crippen LogP contribution in [-0.4, -0.2) is 80.6 Å². The van der Waals surface area contributed by atoms with Gasteiger partial charge in [-0.25, -0.2) is 4.79 Å². The summed E-state index contributed by atoms with van der Waals surface area (Å²) in [5.41, 5.74) is -1.31. The fourth-order valence-corrected chi connectivity index (χ4v) is 3.44. The second-order valence-electron chi connectivity index (χ2n) is 6.84. The van der Waals surface area contributed by atoms with Crippen LogP contribution in [0.5, 0.6) is 0 Å². The number of amides is 1. The van der Waals surface area contributed by atoms with Crippen LogP contribution >= 0.6 is 12.4 Å². The summed E-state index contributed by atoms with van der Waals surface area (Å²) in [7, 11) is -0.360. The topological polar surface area (TPSA) is 133 Å². The lowest BCUT2D eigenvalue weighted by Gasteiger charge is -2.36. The van der Waals surface area contributed by atoms with E-state index in [1.807, 2.05) is 4.90 Å². The molecule has 0 aliphatic heterocycles. The number of carbonyl (C=O) groups is 2. The number of aliphatic hydroxyl groups is 1. The largest absolute Gasteiger partial charge is 0.479 e. The van der Waals surface area contributed by atoms with Crippen molar-refractivity contribution in [2.24, 2.45) is 5.41 Å². The van der Waals surface area contributed by atoms with Gasteiger partial charge in [-0.2, -0.15) is 8.42 Å². The van der Waals surface area contributed by atoms with Crippen molar-refractivity contribution < 1.29 is 32.4 Å². The van der Waals surface area contributed by atoms with Crippen molar-refractivity contribution in [1.82, 2.24) is 10.2 Å². The Morgan fingerprint density at radius 1 is 1.27 bits per heavy atom. The van der Waals surface area contributed by atoms with E-state index in [0.717, 1.165) is 0 Å².